The van der Waals surface area contributed by atoms with Crippen LogP contribution in [-0.4, -0.2) is 24.3 Å². The van der Waals surface area contributed by atoms with Crippen molar-refractivity contribution < 1.29 is 14.6 Å². The highest BCUT2D eigenvalue weighted by Gasteiger charge is 2.13. The molecule has 3 rings (SSSR count). The maximum Gasteiger partial charge on any atom is 0.275 e. The molecule has 0 atom stereocenters. The molecule has 0 heterocycles. The molecule has 1 amide bonds. The topological polar surface area (TPSA) is 70.9 Å². The van der Waals surface area contributed by atoms with Crippen LogP contribution in [0.25, 0.3) is 10.8 Å². The smallest absolute Gasteiger partial charge is 0.275 e. The van der Waals surface area contributed by atoms with Gasteiger partial charge in [0.25, 0.3) is 5.91 Å². The van der Waals surface area contributed by atoms with E-state index < -0.39 is 5.91 Å². The monoisotopic (exact) mass is 398 g/mol. The molecular formula is C19H15BrN2O3. The lowest BCUT2D eigenvalue weighted by Gasteiger charge is -2.09. The highest BCUT2D eigenvalue weighted by Crippen LogP contribution is 2.26. The summed E-state index contributed by atoms with van der Waals surface area (Å²) < 4.78 is 6.12. The Hall–Kier alpha value is -2.86. The molecule has 126 valence electrons. The van der Waals surface area contributed by atoms with E-state index in [0.717, 1.165) is 15.2 Å². The Morgan fingerprint density at radius 1 is 1.16 bits per heavy atom. The van der Waals surface area contributed by atoms with Crippen molar-refractivity contribution in [3.05, 3.63) is 70.2 Å². The maximum atomic E-state index is 12.4. The number of rotatable bonds is 4. The lowest BCUT2D eigenvalue weighted by molar-refractivity contribution is 0.0952. The first-order valence-electron chi connectivity index (χ1n) is 7.47. The molecule has 3 aromatic rings. The summed E-state index contributed by atoms with van der Waals surface area (Å²) in [6.45, 7) is 0. The number of nitrogens with one attached hydrogen (secondary N) is 1. The molecular weight excluding hydrogens is 384 g/mol. The zero-order chi connectivity index (χ0) is 17.8. The van der Waals surface area contributed by atoms with Crippen LogP contribution in [0, 0.1) is 0 Å². The van der Waals surface area contributed by atoms with Gasteiger partial charge in [-0.05, 0) is 41.1 Å². The molecule has 0 radical (unpaired) electrons. The number of phenols is 1. The zero-order valence-corrected chi connectivity index (χ0v) is 14.9. The number of carbonyl (C=O) groups excluding carboxylic acids is 1. The van der Waals surface area contributed by atoms with E-state index in [0.29, 0.717) is 16.9 Å². The Kier molecular flexibility index (Phi) is 5.00. The van der Waals surface area contributed by atoms with Crippen molar-refractivity contribution >= 4 is 38.8 Å². The van der Waals surface area contributed by atoms with E-state index in [4.69, 9.17) is 4.74 Å². The second-order valence-corrected chi connectivity index (χ2v) is 6.22. The third-order valence-corrected chi connectivity index (χ3v) is 4.17. The van der Waals surface area contributed by atoms with Gasteiger partial charge < -0.3 is 9.84 Å². The number of methoxy groups -OCH3 is 1. The number of fused-ring (bicyclic) bond motifs is 1. The van der Waals surface area contributed by atoms with Gasteiger partial charge in [-0.15, -0.1) is 0 Å². The molecule has 0 fully saturated rings. The predicted octanol–water partition coefficient (Wildman–Crippen LogP) is 4.08. The van der Waals surface area contributed by atoms with E-state index in [-0.39, 0.29) is 5.75 Å². The van der Waals surface area contributed by atoms with Crippen molar-refractivity contribution in [2.45, 2.75) is 0 Å². The average Bonchev–Trinajstić information content (AvgIpc) is 2.63. The van der Waals surface area contributed by atoms with Gasteiger partial charge in [0.1, 0.15) is 11.5 Å². The van der Waals surface area contributed by atoms with Crippen LogP contribution < -0.4 is 10.2 Å². The van der Waals surface area contributed by atoms with Crippen LogP contribution in [0.5, 0.6) is 11.5 Å². The average molecular weight is 399 g/mol. The maximum absolute atomic E-state index is 12.4. The Labute approximate surface area is 153 Å². The minimum absolute atomic E-state index is 0.0736. The Morgan fingerprint density at radius 2 is 1.88 bits per heavy atom. The van der Waals surface area contributed by atoms with E-state index >= 15 is 0 Å². The summed E-state index contributed by atoms with van der Waals surface area (Å²) in [5, 5.41) is 15.6. The van der Waals surface area contributed by atoms with Crippen molar-refractivity contribution in [1.29, 1.82) is 0 Å². The number of hydrogen-bond acceptors (Lipinski definition) is 4. The van der Waals surface area contributed by atoms with E-state index in [9.17, 15) is 9.90 Å². The quantitative estimate of drug-likeness (QED) is 0.513. The molecule has 0 saturated carbocycles. The Morgan fingerprint density at radius 3 is 2.60 bits per heavy atom. The first-order chi connectivity index (χ1) is 12.1. The first kappa shape index (κ1) is 17.0. The van der Waals surface area contributed by atoms with Crippen molar-refractivity contribution in [1.82, 2.24) is 5.43 Å². The molecule has 5 nitrogen and oxygen atoms in total. The summed E-state index contributed by atoms with van der Waals surface area (Å²) in [7, 11) is 1.52. The predicted molar refractivity (Wildman–Crippen MR) is 101 cm³/mol. The summed E-state index contributed by atoms with van der Waals surface area (Å²) in [5.74, 6) is 0.148. The number of carbonyl (C=O) groups is 1. The minimum Gasteiger partial charge on any atom is -0.507 e. The summed E-state index contributed by atoms with van der Waals surface area (Å²) in [6.07, 6.45) is 1.38. The number of benzene rings is 3. The molecule has 0 aliphatic heterocycles. The number of hydrazone groups is 1. The molecule has 0 aliphatic rings. The largest absolute Gasteiger partial charge is 0.507 e. The molecule has 0 spiro atoms. The Bertz CT molecular complexity index is 970. The molecule has 0 aromatic heterocycles. The number of hydrogen-bond donors (Lipinski definition) is 2. The van der Waals surface area contributed by atoms with Crippen LogP contribution in [-0.2, 0) is 0 Å². The van der Waals surface area contributed by atoms with Gasteiger partial charge in [0.05, 0.1) is 18.9 Å². The number of nitrogens with zero attached hydrogens (tertiary/aromatic N) is 1. The molecule has 3 aromatic carbocycles. The Balaban J connectivity index is 1.84. The molecule has 6 heteroatoms. The van der Waals surface area contributed by atoms with Crippen LogP contribution in [0.3, 0.4) is 0 Å². The summed E-state index contributed by atoms with van der Waals surface area (Å²) >= 11 is 3.32. The van der Waals surface area contributed by atoms with E-state index in [2.05, 4.69) is 26.5 Å². The second kappa shape index (κ2) is 7.36. The lowest BCUT2D eigenvalue weighted by atomic mass is 10.1. The van der Waals surface area contributed by atoms with Gasteiger partial charge in [-0.3, -0.25) is 4.79 Å². The van der Waals surface area contributed by atoms with Crippen molar-refractivity contribution in [3.8, 4) is 11.5 Å². The van der Waals surface area contributed by atoms with Gasteiger partial charge in [0, 0.05) is 10.0 Å². The third kappa shape index (κ3) is 3.80. The molecule has 2 N–H and O–H groups in total. The number of phenolic OH excluding ortho intramolecular Hbond substituents is 1. The number of aromatic hydroxyl groups is 1. The zero-order valence-electron chi connectivity index (χ0n) is 13.4. The van der Waals surface area contributed by atoms with Crippen LogP contribution >= 0.6 is 15.9 Å². The van der Waals surface area contributed by atoms with E-state index in [1.807, 2.05) is 30.3 Å². The van der Waals surface area contributed by atoms with Crippen LogP contribution in [0.15, 0.2) is 64.2 Å². The minimum atomic E-state index is -0.395. The fourth-order valence-electron chi connectivity index (χ4n) is 2.42. The fraction of sp³-hybridized carbons (Fsp3) is 0.0526. The molecule has 0 aliphatic carbocycles. The second-order valence-electron chi connectivity index (χ2n) is 5.30. The highest BCUT2D eigenvalue weighted by molar-refractivity contribution is 9.10. The van der Waals surface area contributed by atoms with E-state index in [1.54, 1.807) is 24.3 Å². The van der Waals surface area contributed by atoms with E-state index in [1.165, 1.54) is 13.3 Å². The molecule has 0 saturated heterocycles. The van der Waals surface area contributed by atoms with Gasteiger partial charge in [-0.25, -0.2) is 5.43 Å². The number of amides is 1. The highest BCUT2D eigenvalue weighted by atomic mass is 79.9. The summed E-state index contributed by atoms with van der Waals surface area (Å²) in [5.41, 5.74) is 3.33. The third-order valence-electron chi connectivity index (χ3n) is 3.67. The van der Waals surface area contributed by atoms with Gasteiger partial charge in [-0.2, -0.15) is 5.10 Å². The lowest BCUT2D eigenvalue weighted by Crippen LogP contribution is -2.18. The van der Waals surface area contributed by atoms with Gasteiger partial charge >= 0.3 is 0 Å². The van der Waals surface area contributed by atoms with Gasteiger partial charge in [0.2, 0.25) is 0 Å². The SMILES string of the molecule is COc1cc2ccccc2cc1C(=O)NN=Cc1cc(Br)ccc1O. The number of ether oxygens (including phenoxy) is 1. The number of halogens is 1. The standard InChI is InChI=1S/C19H15BrN2O3/c1-25-18-10-13-5-3-2-4-12(13)9-16(18)19(24)22-21-11-14-8-15(20)6-7-17(14)23/h2-11,23H,1H3,(H,22,24). The summed E-state index contributed by atoms with van der Waals surface area (Å²) in [4.78, 5) is 12.4. The first-order valence-corrected chi connectivity index (χ1v) is 8.26. The normalized spacial score (nSPS) is 11.0. The summed E-state index contributed by atoms with van der Waals surface area (Å²) in [6, 6.07) is 16.2. The molecule has 25 heavy (non-hydrogen) atoms. The van der Waals surface area contributed by atoms with Gasteiger partial charge in [0.15, 0.2) is 0 Å². The fourth-order valence-corrected chi connectivity index (χ4v) is 2.79. The van der Waals surface area contributed by atoms with Crippen LogP contribution in [0.4, 0.5) is 0 Å². The van der Waals surface area contributed by atoms with Crippen LogP contribution in [0.1, 0.15) is 15.9 Å². The van der Waals surface area contributed by atoms with Crippen molar-refractivity contribution in [2.75, 3.05) is 7.11 Å². The molecule has 0 bridgehead atoms. The molecule has 0 unspecified atom stereocenters. The van der Waals surface area contributed by atoms with Gasteiger partial charge in [-0.1, -0.05) is 40.2 Å². The van der Waals surface area contributed by atoms with Crippen molar-refractivity contribution in [3.63, 3.8) is 0 Å². The van der Waals surface area contributed by atoms with Crippen molar-refractivity contribution in [2.24, 2.45) is 5.10 Å². The van der Waals surface area contributed by atoms with Crippen LogP contribution in [0.2, 0.25) is 0 Å².